The van der Waals surface area contributed by atoms with Crippen molar-refractivity contribution in [2.75, 3.05) is 5.32 Å². The van der Waals surface area contributed by atoms with Crippen molar-refractivity contribution in [1.29, 1.82) is 0 Å². The van der Waals surface area contributed by atoms with E-state index >= 15 is 0 Å². The van der Waals surface area contributed by atoms with Gasteiger partial charge in [-0.3, -0.25) is 9.59 Å². The summed E-state index contributed by atoms with van der Waals surface area (Å²) in [5, 5.41) is 3.60. The smallest absolute Gasteiger partial charge is 0.287 e. The molecule has 0 bridgehead atoms. The topological polar surface area (TPSA) is 110 Å². The minimum atomic E-state index is -3.94. The van der Waals surface area contributed by atoms with Gasteiger partial charge in [-0.1, -0.05) is 42.0 Å². The molecular weight excluding hydrogens is 671 g/mol. The molecule has 0 saturated carbocycles. The van der Waals surface area contributed by atoms with Crippen LogP contribution in [0.4, 0.5) is 5.69 Å². The van der Waals surface area contributed by atoms with Crippen LogP contribution in [0.25, 0.3) is 9.27 Å². The molecule has 2 amide bonds. The maximum atomic E-state index is 12.8. The van der Waals surface area contributed by atoms with Gasteiger partial charge >= 0.3 is 0 Å². The number of halogens is 1. The highest BCUT2D eigenvalue weighted by Crippen LogP contribution is 2.38. The fourth-order valence-electron chi connectivity index (χ4n) is 4.13. The van der Waals surface area contributed by atoms with Gasteiger partial charge in [-0.05, 0) is 107 Å². The van der Waals surface area contributed by atoms with Crippen LogP contribution in [0.2, 0.25) is 0 Å². The van der Waals surface area contributed by atoms with Crippen molar-refractivity contribution in [3.63, 3.8) is 0 Å². The zero-order chi connectivity index (χ0) is 29.1. The zero-order valence-electron chi connectivity index (χ0n) is 22.1. The number of sulfonamides is 1. The molecule has 0 fully saturated rings. The maximum absolute atomic E-state index is 12.8. The second-order valence-corrected chi connectivity index (χ2v) is 13.2. The molecule has 0 radical (unpaired) electrons. The average molecular weight is 697 g/mol. The van der Waals surface area contributed by atoms with Gasteiger partial charge in [0.15, 0.2) is 5.17 Å². The highest BCUT2D eigenvalue weighted by molar-refractivity contribution is 14.1. The predicted molar refractivity (Wildman–Crippen MR) is 172 cm³/mol. The van der Waals surface area contributed by atoms with Gasteiger partial charge in [0.1, 0.15) is 0 Å². The van der Waals surface area contributed by atoms with E-state index in [-0.39, 0.29) is 17.2 Å². The third-order valence-electron chi connectivity index (χ3n) is 6.29. The minimum absolute atomic E-state index is 0.0344. The summed E-state index contributed by atoms with van der Waals surface area (Å²) in [5.41, 5.74) is 5.33. The first-order valence-electron chi connectivity index (χ1n) is 12.5. The normalized spacial score (nSPS) is 14.5. The van der Waals surface area contributed by atoms with E-state index in [9.17, 15) is 18.0 Å². The lowest BCUT2D eigenvalue weighted by Gasteiger charge is -2.11. The van der Waals surface area contributed by atoms with Gasteiger partial charge < -0.3 is 9.88 Å². The first-order valence-corrected chi connectivity index (χ1v) is 15.9. The second kappa shape index (κ2) is 12.0. The highest BCUT2D eigenvalue weighted by Gasteiger charge is 2.26. The Labute approximate surface area is 256 Å². The molecule has 0 spiro atoms. The summed E-state index contributed by atoms with van der Waals surface area (Å²) in [6, 6.07) is 23.2. The molecule has 1 aliphatic heterocycles. The van der Waals surface area contributed by atoms with E-state index in [4.69, 9.17) is 0 Å². The molecule has 0 aliphatic carbocycles. The molecule has 3 aromatic carbocycles. The molecule has 5 rings (SSSR count). The van der Waals surface area contributed by atoms with Crippen LogP contribution in [0.1, 0.15) is 22.3 Å². The van der Waals surface area contributed by atoms with Crippen molar-refractivity contribution in [3.05, 3.63) is 118 Å². The van der Waals surface area contributed by atoms with E-state index in [1.165, 1.54) is 23.9 Å². The van der Waals surface area contributed by atoms with Crippen molar-refractivity contribution in [2.24, 2.45) is 4.99 Å². The molecular formula is C30H25IN4O4S2. The van der Waals surface area contributed by atoms with Crippen molar-refractivity contribution in [3.8, 4) is 5.69 Å². The number of amides is 2. The summed E-state index contributed by atoms with van der Waals surface area (Å²) in [5.74, 6) is -0.943. The Bertz CT molecular complexity index is 1800. The van der Waals surface area contributed by atoms with E-state index in [1.54, 1.807) is 36.4 Å². The van der Waals surface area contributed by atoms with Gasteiger partial charge in [0.25, 0.3) is 15.9 Å². The average Bonchev–Trinajstić information content (AvgIpc) is 3.59. The number of carbonyl (C=O) groups excluding carboxylic acids is 2. The number of anilines is 1. The Balaban J connectivity index is 1.22. The molecule has 4 aromatic rings. The lowest BCUT2D eigenvalue weighted by atomic mass is 10.1. The van der Waals surface area contributed by atoms with Crippen LogP contribution in [0.3, 0.4) is 0 Å². The Morgan fingerprint density at radius 3 is 2.34 bits per heavy atom. The van der Waals surface area contributed by atoms with E-state index in [1.807, 2.05) is 55.1 Å². The van der Waals surface area contributed by atoms with Gasteiger partial charge in [-0.25, -0.2) is 13.1 Å². The summed E-state index contributed by atoms with van der Waals surface area (Å²) < 4.78 is 29.9. The number of thioether (sulfide) groups is 1. The molecule has 208 valence electrons. The number of aromatic nitrogens is 1. The predicted octanol–water partition coefficient (Wildman–Crippen LogP) is 5.99. The Morgan fingerprint density at radius 2 is 1.66 bits per heavy atom. The number of hydrogen-bond acceptors (Lipinski definition) is 6. The van der Waals surface area contributed by atoms with Gasteiger partial charge in [-0.2, -0.15) is 4.99 Å². The van der Waals surface area contributed by atoms with E-state index in [2.05, 4.69) is 43.7 Å². The number of aliphatic imine (C=N–C) groups is 1. The van der Waals surface area contributed by atoms with Gasteiger partial charge in [0, 0.05) is 27.3 Å². The molecule has 0 atom stereocenters. The van der Waals surface area contributed by atoms with Crippen LogP contribution in [0, 0.1) is 13.8 Å². The Hall–Kier alpha value is -3.68. The quantitative estimate of drug-likeness (QED) is 0.182. The van der Waals surface area contributed by atoms with Gasteiger partial charge in [-0.15, -0.1) is 0 Å². The lowest BCUT2D eigenvalue weighted by Crippen LogP contribution is -2.31. The van der Waals surface area contributed by atoms with E-state index in [0.717, 1.165) is 26.0 Å². The molecule has 0 unspecified atom stereocenters. The van der Waals surface area contributed by atoms with Gasteiger partial charge in [0.2, 0.25) is 5.91 Å². The number of hydrogen-bond donors (Lipinski definition) is 2. The third-order valence-corrected chi connectivity index (χ3v) is 10.2. The highest BCUT2D eigenvalue weighted by atomic mass is 127. The van der Waals surface area contributed by atoms with Crippen LogP contribution in [-0.2, 0) is 26.0 Å². The zero-order valence-corrected chi connectivity index (χ0v) is 25.9. The molecule has 2 N–H and O–H groups in total. The largest absolute Gasteiger partial charge is 0.334 e. The standard InChI is InChI=1S/C30H25IN4O4S2/c1-19-5-13-24(14-6-19)41(38,39)34-26(36)17-21-8-11-23(12-9-21)32-30-33-29(37)28(40-30)27(31)22-10-7-20(2)25(18-22)35-15-3-4-16-35/h3-16,18H,17H2,1-2H3,(H,34,36)(H,32,33,37). The molecule has 1 aromatic heterocycles. The second-order valence-electron chi connectivity index (χ2n) is 9.40. The van der Waals surface area contributed by atoms with Crippen LogP contribution < -0.4 is 10.0 Å². The number of benzene rings is 3. The van der Waals surface area contributed by atoms with E-state index in [0.29, 0.717) is 21.3 Å². The summed E-state index contributed by atoms with van der Waals surface area (Å²) >= 11 is 3.46. The fraction of sp³-hybridized carbons (Fsp3) is 0.100. The summed E-state index contributed by atoms with van der Waals surface area (Å²) in [6.07, 6.45) is 3.86. The third kappa shape index (κ3) is 6.80. The first-order chi connectivity index (χ1) is 19.6. The van der Waals surface area contributed by atoms with Crippen molar-refractivity contribution in [2.45, 2.75) is 25.2 Å². The van der Waals surface area contributed by atoms with Gasteiger partial charge in [0.05, 0.1) is 16.2 Å². The maximum Gasteiger partial charge on any atom is 0.287 e. The first kappa shape index (κ1) is 28.8. The van der Waals surface area contributed by atoms with Crippen molar-refractivity contribution >= 4 is 70.6 Å². The minimum Gasteiger partial charge on any atom is -0.334 e. The van der Waals surface area contributed by atoms with Crippen LogP contribution in [0.15, 0.2) is 106 Å². The molecule has 2 heterocycles. The number of carbonyl (C=O) groups is 2. The van der Waals surface area contributed by atoms with Crippen LogP contribution >= 0.6 is 34.4 Å². The number of amidine groups is 1. The van der Waals surface area contributed by atoms with E-state index < -0.39 is 15.9 Å². The monoisotopic (exact) mass is 696 g/mol. The Morgan fingerprint density at radius 1 is 0.976 bits per heavy atom. The number of nitrogens with zero attached hydrogens (tertiary/aromatic N) is 2. The summed E-state index contributed by atoms with van der Waals surface area (Å²) in [7, 11) is -3.94. The fourth-order valence-corrected chi connectivity index (χ4v) is 6.84. The molecule has 41 heavy (non-hydrogen) atoms. The van der Waals surface area contributed by atoms with Crippen LogP contribution in [0.5, 0.6) is 0 Å². The summed E-state index contributed by atoms with van der Waals surface area (Å²) in [6.45, 7) is 3.90. The SMILES string of the molecule is Cc1ccc(S(=O)(=O)NC(=O)Cc2ccc(NC3=NC(=O)C(=C(I)c4ccc(C)c(-n5cccc5)c4)S3)cc2)cc1. The van der Waals surface area contributed by atoms with Crippen molar-refractivity contribution in [1.82, 2.24) is 9.29 Å². The number of aryl methyl sites for hydroxylation is 2. The number of rotatable bonds is 7. The summed E-state index contributed by atoms with van der Waals surface area (Å²) in [4.78, 5) is 29.9. The molecule has 8 nitrogen and oxygen atoms in total. The molecule has 0 saturated heterocycles. The molecule has 1 aliphatic rings. The molecule has 11 heteroatoms. The lowest BCUT2D eigenvalue weighted by molar-refractivity contribution is -0.118. The van der Waals surface area contributed by atoms with Crippen LogP contribution in [-0.4, -0.2) is 30.0 Å². The number of nitrogens with one attached hydrogen (secondary N) is 2. The Kier molecular flexibility index (Phi) is 8.47. The van der Waals surface area contributed by atoms with Crippen molar-refractivity contribution < 1.29 is 18.0 Å².